The maximum Gasteiger partial charge on any atom is 0.332 e. The topological polar surface area (TPSA) is 78.8 Å². The van der Waals surface area contributed by atoms with E-state index >= 15 is 8.78 Å². The lowest BCUT2D eigenvalue weighted by molar-refractivity contribution is -0.137. The monoisotopic (exact) mass is 503 g/mol. The average Bonchev–Trinajstić information content (AvgIpc) is 3.18. The van der Waals surface area contributed by atoms with Gasteiger partial charge in [0.05, 0.1) is 12.1 Å². The number of nitrogens with zero attached hydrogens (tertiary/aromatic N) is 5. The summed E-state index contributed by atoms with van der Waals surface area (Å²) >= 11 is 0. The van der Waals surface area contributed by atoms with Crippen molar-refractivity contribution < 1.29 is 23.2 Å². The Labute approximate surface area is 212 Å². The number of carbonyl (C=O) groups excluding carboxylic acids is 3. The van der Waals surface area contributed by atoms with Crippen molar-refractivity contribution in [2.45, 2.75) is 25.8 Å². The Morgan fingerprint density at radius 2 is 1.62 bits per heavy atom. The van der Waals surface area contributed by atoms with Crippen molar-refractivity contribution in [3.05, 3.63) is 77.1 Å². The first-order valence-corrected chi connectivity index (χ1v) is 11.6. The maximum atomic E-state index is 15.1. The third-order valence-corrected chi connectivity index (χ3v) is 6.60. The number of halogens is 2. The standard InChI is InChI=1S/C27H23F2N5O3/c1-17-16-31(3)25(30-17)32-11-12-33-26(37)34(22(35)15-27(33,2)24(32)36)23-20(28)13-19(14-21(23)29)10-9-18-7-5-4-6-8-18/h4-8,13-14,16H,11-12,15H2,1-3H3. The molecule has 37 heavy (non-hydrogen) atoms. The second-order valence-corrected chi connectivity index (χ2v) is 9.27. The van der Waals surface area contributed by atoms with E-state index in [2.05, 4.69) is 16.8 Å². The second kappa shape index (κ2) is 8.85. The van der Waals surface area contributed by atoms with Gasteiger partial charge in [-0.15, -0.1) is 0 Å². The highest BCUT2D eigenvalue weighted by Crippen LogP contribution is 2.37. The third kappa shape index (κ3) is 4.02. The van der Waals surface area contributed by atoms with Gasteiger partial charge in [-0.1, -0.05) is 30.0 Å². The molecular formula is C27H23F2N5O3. The van der Waals surface area contributed by atoms with E-state index in [9.17, 15) is 14.4 Å². The molecule has 10 heteroatoms. The SMILES string of the molecule is Cc1cn(C)c(N2CCN3C(=O)N(c4c(F)cc(C#Cc5ccccc5)cc4F)C(=O)CC3(C)C2=O)n1. The van der Waals surface area contributed by atoms with E-state index in [0.717, 1.165) is 12.1 Å². The lowest BCUT2D eigenvalue weighted by Gasteiger charge is -2.51. The Kier molecular flexibility index (Phi) is 5.79. The molecule has 3 heterocycles. The molecule has 0 N–H and O–H groups in total. The summed E-state index contributed by atoms with van der Waals surface area (Å²) in [4.78, 5) is 47.5. The first-order chi connectivity index (χ1) is 17.6. The molecule has 3 aromatic rings. The van der Waals surface area contributed by atoms with Crippen LogP contribution in [0.5, 0.6) is 0 Å². The number of fused-ring (bicyclic) bond motifs is 1. The summed E-state index contributed by atoms with van der Waals surface area (Å²) in [7, 11) is 1.75. The number of aromatic nitrogens is 2. The van der Waals surface area contributed by atoms with Crippen LogP contribution in [0, 0.1) is 30.4 Å². The van der Waals surface area contributed by atoms with Crippen molar-refractivity contribution in [1.29, 1.82) is 0 Å². The number of anilines is 2. The van der Waals surface area contributed by atoms with Gasteiger partial charge >= 0.3 is 6.03 Å². The molecule has 1 atom stereocenters. The fourth-order valence-corrected chi connectivity index (χ4v) is 4.82. The molecule has 1 unspecified atom stereocenters. The van der Waals surface area contributed by atoms with Gasteiger partial charge in [0.1, 0.15) is 11.2 Å². The largest absolute Gasteiger partial charge is 0.332 e. The highest BCUT2D eigenvalue weighted by molar-refractivity contribution is 6.20. The molecule has 5 rings (SSSR count). The molecular weight excluding hydrogens is 480 g/mol. The Morgan fingerprint density at radius 1 is 0.973 bits per heavy atom. The van der Waals surface area contributed by atoms with Crippen molar-refractivity contribution in [1.82, 2.24) is 14.5 Å². The van der Waals surface area contributed by atoms with Crippen molar-refractivity contribution in [2.75, 3.05) is 22.9 Å². The number of aryl methyl sites for hydroxylation is 2. The van der Waals surface area contributed by atoms with Crippen LogP contribution < -0.4 is 9.80 Å². The van der Waals surface area contributed by atoms with Crippen LogP contribution in [0.3, 0.4) is 0 Å². The van der Waals surface area contributed by atoms with Crippen molar-refractivity contribution >= 4 is 29.5 Å². The zero-order valence-electron chi connectivity index (χ0n) is 20.5. The predicted molar refractivity (Wildman–Crippen MR) is 132 cm³/mol. The molecule has 0 bridgehead atoms. The molecule has 2 aromatic carbocycles. The number of carbonyl (C=O) groups is 3. The number of hydrogen-bond donors (Lipinski definition) is 0. The number of imide groups is 1. The Bertz CT molecular complexity index is 1480. The summed E-state index contributed by atoms with van der Waals surface area (Å²) in [5.41, 5.74) is -0.868. The first kappa shape index (κ1) is 24.2. The minimum atomic E-state index is -1.52. The van der Waals surface area contributed by atoms with E-state index in [4.69, 9.17) is 0 Å². The molecule has 2 aliphatic heterocycles. The van der Waals surface area contributed by atoms with E-state index in [1.54, 1.807) is 49.0 Å². The number of benzene rings is 2. The summed E-state index contributed by atoms with van der Waals surface area (Å²) in [5.74, 6) is 2.34. The van der Waals surface area contributed by atoms with Crippen molar-refractivity contribution in [2.24, 2.45) is 7.05 Å². The van der Waals surface area contributed by atoms with Crippen LogP contribution in [0.4, 0.5) is 25.2 Å². The van der Waals surface area contributed by atoms with Gasteiger partial charge in [0, 0.05) is 37.5 Å². The van der Waals surface area contributed by atoms with Gasteiger partial charge in [0.2, 0.25) is 11.9 Å². The summed E-state index contributed by atoms with van der Waals surface area (Å²) in [6.07, 6.45) is 1.32. The number of hydrogen-bond acceptors (Lipinski definition) is 4. The normalized spacial score (nSPS) is 19.6. The Morgan fingerprint density at radius 3 is 2.24 bits per heavy atom. The summed E-state index contributed by atoms with van der Waals surface area (Å²) in [5, 5.41) is 0. The molecule has 0 aliphatic carbocycles. The molecule has 0 spiro atoms. The van der Waals surface area contributed by atoms with Gasteiger partial charge in [-0.25, -0.2) is 23.5 Å². The smallest absolute Gasteiger partial charge is 0.320 e. The van der Waals surface area contributed by atoms with Gasteiger partial charge < -0.3 is 9.47 Å². The molecule has 2 saturated heterocycles. The maximum absolute atomic E-state index is 15.1. The molecule has 8 nitrogen and oxygen atoms in total. The minimum Gasteiger partial charge on any atom is -0.320 e. The Hall–Kier alpha value is -4.52. The zero-order chi connectivity index (χ0) is 26.5. The highest BCUT2D eigenvalue weighted by Gasteiger charge is 2.56. The molecule has 0 saturated carbocycles. The van der Waals surface area contributed by atoms with Gasteiger partial charge in [-0.05, 0) is 38.1 Å². The zero-order valence-corrected chi connectivity index (χ0v) is 20.5. The van der Waals surface area contributed by atoms with E-state index in [1.165, 1.54) is 16.7 Å². The highest BCUT2D eigenvalue weighted by atomic mass is 19.1. The van der Waals surface area contributed by atoms with Crippen LogP contribution in [0.2, 0.25) is 0 Å². The van der Waals surface area contributed by atoms with Gasteiger partial charge in [0.25, 0.3) is 5.91 Å². The third-order valence-electron chi connectivity index (χ3n) is 6.60. The molecule has 188 valence electrons. The van der Waals surface area contributed by atoms with Gasteiger partial charge in [-0.3, -0.25) is 14.5 Å². The number of amides is 4. The predicted octanol–water partition coefficient (Wildman–Crippen LogP) is 3.37. The summed E-state index contributed by atoms with van der Waals surface area (Å²) in [6, 6.07) is 9.92. The molecule has 0 radical (unpaired) electrons. The van der Waals surface area contributed by atoms with Crippen LogP contribution in [-0.2, 0) is 16.6 Å². The van der Waals surface area contributed by atoms with Gasteiger partial charge in [0.15, 0.2) is 11.6 Å². The van der Waals surface area contributed by atoms with E-state index in [1.807, 2.05) is 6.07 Å². The number of urea groups is 1. The molecule has 4 amide bonds. The number of imidazole rings is 1. The van der Waals surface area contributed by atoms with Crippen LogP contribution in [0.1, 0.15) is 30.2 Å². The summed E-state index contributed by atoms with van der Waals surface area (Å²) in [6.45, 7) is 3.45. The van der Waals surface area contributed by atoms with Crippen molar-refractivity contribution in [3.8, 4) is 11.8 Å². The minimum absolute atomic E-state index is 0.0542. The van der Waals surface area contributed by atoms with Crippen LogP contribution >= 0.6 is 0 Å². The average molecular weight is 504 g/mol. The molecule has 2 fully saturated rings. The first-order valence-electron chi connectivity index (χ1n) is 11.6. The van der Waals surface area contributed by atoms with Gasteiger partial charge in [-0.2, -0.15) is 0 Å². The second-order valence-electron chi connectivity index (χ2n) is 9.27. The van der Waals surface area contributed by atoms with E-state index in [-0.39, 0.29) is 18.7 Å². The van der Waals surface area contributed by atoms with Crippen LogP contribution in [-0.4, -0.2) is 50.9 Å². The lowest BCUT2D eigenvalue weighted by Crippen LogP contribution is -2.73. The molecule has 2 aliphatic rings. The lowest BCUT2D eigenvalue weighted by atomic mass is 9.88. The Balaban J connectivity index is 1.45. The van der Waals surface area contributed by atoms with E-state index < -0.39 is 47.1 Å². The number of piperazine rings is 1. The summed E-state index contributed by atoms with van der Waals surface area (Å²) < 4.78 is 32.0. The fourth-order valence-electron chi connectivity index (χ4n) is 4.82. The van der Waals surface area contributed by atoms with Crippen molar-refractivity contribution in [3.63, 3.8) is 0 Å². The molecule has 1 aromatic heterocycles. The van der Waals surface area contributed by atoms with E-state index in [0.29, 0.717) is 22.1 Å². The number of rotatable bonds is 2. The van der Waals surface area contributed by atoms with Crippen LogP contribution in [0.25, 0.3) is 0 Å². The van der Waals surface area contributed by atoms with Crippen LogP contribution in [0.15, 0.2) is 48.7 Å². The fraction of sp³-hybridized carbons (Fsp3) is 0.259. The quantitative estimate of drug-likeness (QED) is 0.503.